The smallest absolute Gasteiger partial charge is 0.105 e. The first-order valence-corrected chi connectivity index (χ1v) is 4.96. The minimum absolute atomic E-state index is 0.204. The van der Waals surface area contributed by atoms with Crippen LogP contribution in [0.15, 0.2) is 16.5 Å². The Labute approximate surface area is 80.1 Å². The maximum Gasteiger partial charge on any atom is 0.105 e. The van der Waals surface area contributed by atoms with Gasteiger partial charge in [0.1, 0.15) is 11.5 Å². The Morgan fingerprint density at radius 1 is 1.31 bits per heavy atom. The maximum atomic E-state index is 5.94. The molecular formula is C11H19NO. The van der Waals surface area contributed by atoms with Crippen molar-refractivity contribution in [2.24, 2.45) is 11.7 Å². The van der Waals surface area contributed by atoms with Crippen LogP contribution in [0.1, 0.15) is 32.3 Å². The van der Waals surface area contributed by atoms with Crippen LogP contribution in [-0.2, 0) is 12.8 Å². The van der Waals surface area contributed by atoms with Gasteiger partial charge in [-0.05, 0) is 18.1 Å². The first-order valence-electron chi connectivity index (χ1n) is 4.96. The molecule has 0 aromatic carbocycles. The third-order valence-electron chi connectivity index (χ3n) is 2.36. The zero-order valence-corrected chi connectivity index (χ0v) is 8.71. The minimum atomic E-state index is 0.204. The molecule has 13 heavy (non-hydrogen) atoms. The lowest BCUT2D eigenvalue weighted by Gasteiger charge is -2.13. The summed E-state index contributed by atoms with van der Waals surface area (Å²) in [5, 5.41) is 0. The van der Waals surface area contributed by atoms with Gasteiger partial charge in [0.2, 0.25) is 0 Å². The average Bonchev–Trinajstić information content (AvgIpc) is 2.52. The van der Waals surface area contributed by atoms with Crippen LogP contribution in [-0.4, -0.2) is 6.04 Å². The summed E-state index contributed by atoms with van der Waals surface area (Å²) >= 11 is 0. The molecular weight excluding hydrogens is 162 g/mol. The summed E-state index contributed by atoms with van der Waals surface area (Å²) in [4.78, 5) is 0. The Morgan fingerprint density at radius 2 is 1.92 bits per heavy atom. The van der Waals surface area contributed by atoms with E-state index in [1.165, 1.54) is 0 Å². The standard InChI is InChI=1S/C11H19NO/c1-4-9-5-6-10(13-9)7-11(12)8(2)3/h5-6,8,11H,4,7,12H2,1-3H3. The van der Waals surface area contributed by atoms with Gasteiger partial charge in [-0.1, -0.05) is 20.8 Å². The van der Waals surface area contributed by atoms with Crippen molar-refractivity contribution in [3.8, 4) is 0 Å². The van der Waals surface area contributed by atoms with Gasteiger partial charge in [-0.2, -0.15) is 0 Å². The van der Waals surface area contributed by atoms with Gasteiger partial charge in [-0.25, -0.2) is 0 Å². The molecule has 2 nitrogen and oxygen atoms in total. The Hall–Kier alpha value is -0.760. The Balaban J connectivity index is 2.53. The third-order valence-corrected chi connectivity index (χ3v) is 2.36. The van der Waals surface area contributed by atoms with Gasteiger partial charge in [0, 0.05) is 18.9 Å². The molecule has 0 amide bonds. The zero-order valence-electron chi connectivity index (χ0n) is 8.71. The van der Waals surface area contributed by atoms with Crippen molar-refractivity contribution in [2.75, 3.05) is 0 Å². The van der Waals surface area contributed by atoms with Crippen molar-refractivity contribution < 1.29 is 4.42 Å². The molecule has 0 saturated heterocycles. The summed E-state index contributed by atoms with van der Waals surface area (Å²) in [6.45, 7) is 6.35. The van der Waals surface area contributed by atoms with Gasteiger partial charge in [0.05, 0.1) is 0 Å². The molecule has 0 radical (unpaired) electrons. The van der Waals surface area contributed by atoms with Crippen LogP contribution in [0.3, 0.4) is 0 Å². The SMILES string of the molecule is CCc1ccc(CC(N)C(C)C)o1. The number of hydrogen-bond acceptors (Lipinski definition) is 2. The van der Waals surface area contributed by atoms with Crippen molar-refractivity contribution in [1.29, 1.82) is 0 Å². The predicted octanol–water partition coefficient (Wildman–Crippen LogP) is 2.37. The van der Waals surface area contributed by atoms with Gasteiger partial charge >= 0.3 is 0 Å². The molecule has 0 aliphatic heterocycles. The fourth-order valence-corrected chi connectivity index (χ4v) is 1.19. The van der Waals surface area contributed by atoms with Crippen molar-refractivity contribution in [3.05, 3.63) is 23.7 Å². The van der Waals surface area contributed by atoms with Crippen LogP contribution in [0.2, 0.25) is 0 Å². The molecule has 0 aliphatic rings. The quantitative estimate of drug-likeness (QED) is 0.774. The Bertz CT molecular complexity index is 252. The van der Waals surface area contributed by atoms with Crippen molar-refractivity contribution >= 4 is 0 Å². The average molecular weight is 181 g/mol. The first-order chi connectivity index (χ1) is 6.13. The number of hydrogen-bond donors (Lipinski definition) is 1. The molecule has 1 atom stereocenters. The second-order valence-electron chi connectivity index (χ2n) is 3.83. The van der Waals surface area contributed by atoms with Crippen LogP contribution in [0, 0.1) is 5.92 Å². The van der Waals surface area contributed by atoms with Crippen LogP contribution in [0.4, 0.5) is 0 Å². The topological polar surface area (TPSA) is 39.2 Å². The van der Waals surface area contributed by atoms with Crippen molar-refractivity contribution in [2.45, 2.75) is 39.7 Å². The second-order valence-corrected chi connectivity index (χ2v) is 3.83. The molecule has 2 N–H and O–H groups in total. The lowest BCUT2D eigenvalue weighted by Crippen LogP contribution is -2.28. The van der Waals surface area contributed by atoms with Gasteiger partial charge in [-0.3, -0.25) is 0 Å². The van der Waals surface area contributed by atoms with Crippen molar-refractivity contribution in [3.63, 3.8) is 0 Å². The molecule has 74 valence electrons. The van der Waals surface area contributed by atoms with Crippen molar-refractivity contribution in [1.82, 2.24) is 0 Å². The Kier molecular flexibility index (Phi) is 3.55. The maximum absolute atomic E-state index is 5.94. The summed E-state index contributed by atoms with van der Waals surface area (Å²) in [6.07, 6.45) is 1.80. The van der Waals surface area contributed by atoms with Gasteiger partial charge < -0.3 is 10.2 Å². The molecule has 0 fully saturated rings. The van der Waals surface area contributed by atoms with Gasteiger partial charge in [-0.15, -0.1) is 0 Å². The van der Waals surface area contributed by atoms with E-state index in [1.807, 2.05) is 12.1 Å². The molecule has 0 bridgehead atoms. The van der Waals surface area contributed by atoms with E-state index in [0.717, 1.165) is 24.4 Å². The molecule has 1 aromatic heterocycles. The zero-order chi connectivity index (χ0) is 9.84. The fraction of sp³-hybridized carbons (Fsp3) is 0.636. The molecule has 1 rings (SSSR count). The number of furan rings is 1. The van der Waals surface area contributed by atoms with E-state index in [1.54, 1.807) is 0 Å². The highest BCUT2D eigenvalue weighted by Crippen LogP contribution is 2.12. The van der Waals surface area contributed by atoms with E-state index >= 15 is 0 Å². The molecule has 0 spiro atoms. The summed E-state index contributed by atoms with van der Waals surface area (Å²) in [5.41, 5.74) is 5.94. The lowest BCUT2D eigenvalue weighted by molar-refractivity contribution is 0.414. The summed E-state index contributed by atoms with van der Waals surface area (Å²) < 4.78 is 5.57. The van der Waals surface area contributed by atoms with E-state index in [-0.39, 0.29) is 6.04 Å². The molecule has 1 heterocycles. The highest BCUT2D eigenvalue weighted by molar-refractivity contribution is 5.08. The van der Waals surface area contributed by atoms with Gasteiger partial charge in [0.25, 0.3) is 0 Å². The van der Waals surface area contributed by atoms with E-state index in [0.29, 0.717) is 5.92 Å². The van der Waals surface area contributed by atoms with E-state index in [2.05, 4.69) is 20.8 Å². The van der Waals surface area contributed by atoms with E-state index in [9.17, 15) is 0 Å². The summed E-state index contributed by atoms with van der Waals surface area (Å²) in [6, 6.07) is 4.26. The minimum Gasteiger partial charge on any atom is -0.466 e. The normalized spacial score (nSPS) is 13.6. The largest absolute Gasteiger partial charge is 0.466 e. The highest BCUT2D eigenvalue weighted by atomic mass is 16.3. The van der Waals surface area contributed by atoms with Crippen LogP contribution < -0.4 is 5.73 Å². The first kappa shape index (κ1) is 10.3. The second kappa shape index (κ2) is 4.47. The molecule has 0 saturated carbocycles. The molecule has 2 heteroatoms. The lowest BCUT2D eigenvalue weighted by atomic mass is 10.0. The molecule has 1 aromatic rings. The monoisotopic (exact) mass is 181 g/mol. The van der Waals surface area contributed by atoms with Crippen LogP contribution in [0.25, 0.3) is 0 Å². The highest BCUT2D eigenvalue weighted by Gasteiger charge is 2.10. The molecule has 1 unspecified atom stereocenters. The number of rotatable bonds is 4. The van der Waals surface area contributed by atoms with Gasteiger partial charge in [0.15, 0.2) is 0 Å². The summed E-state index contributed by atoms with van der Waals surface area (Å²) in [5.74, 6) is 2.57. The fourth-order valence-electron chi connectivity index (χ4n) is 1.19. The van der Waals surface area contributed by atoms with E-state index in [4.69, 9.17) is 10.2 Å². The molecule has 0 aliphatic carbocycles. The van der Waals surface area contributed by atoms with Crippen LogP contribution in [0.5, 0.6) is 0 Å². The third kappa shape index (κ3) is 2.88. The van der Waals surface area contributed by atoms with E-state index < -0.39 is 0 Å². The number of nitrogens with two attached hydrogens (primary N) is 1. The predicted molar refractivity (Wildman–Crippen MR) is 54.6 cm³/mol. The Morgan fingerprint density at radius 3 is 2.38 bits per heavy atom. The van der Waals surface area contributed by atoms with Crippen LogP contribution >= 0.6 is 0 Å². The summed E-state index contributed by atoms with van der Waals surface area (Å²) in [7, 11) is 0. The number of aryl methyl sites for hydroxylation is 1.